The number of aromatic nitrogens is 2. The standard InChI is InChI=1S/C18H23N3O4/c1-11-10-25-14(8-16(22)23)17(11)18(24)20(2)9-15-19-12-6-4-5-7-13(12)21(15)3/h10H,4-9H2,1-3H3,(H,22,23). The lowest BCUT2D eigenvalue weighted by Crippen LogP contribution is -2.28. The van der Waals surface area contributed by atoms with Crippen LogP contribution in [0.25, 0.3) is 0 Å². The number of carbonyl (C=O) groups is 2. The van der Waals surface area contributed by atoms with Crippen LogP contribution < -0.4 is 0 Å². The van der Waals surface area contributed by atoms with Gasteiger partial charge in [-0.3, -0.25) is 9.59 Å². The molecule has 0 bridgehead atoms. The third-order valence-corrected chi connectivity index (χ3v) is 4.77. The first-order chi connectivity index (χ1) is 11.9. The number of imidazole rings is 1. The summed E-state index contributed by atoms with van der Waals surface area (Å²) in [6, 6.07) is 0. The van der Waals surface area contributed by atoms with Crippen molar-refractivity contribution in [2.45, 2.75) is 45.6 Å². The SMILES string of the molecule is Cc1coc(CC(=O)O)c1C(=O)N(C)Cc1nc2c(n1C)CCCC2. The van der Waals surface area contributed by atoms with Gasteiger partial charge in [0, 0.05) is 25.4 Å². The van der Waals surface area contributed by atoms with E-state index in [0.29, 0.717) is 17.7 Å². The maximum absolute atomic E-state index is 12.8. The molecule has 7 heteroatoms. The zero-order valence-electron chi connectivity index (χ0n) is 14.8. The summed E-state index contributed by atoms with van der Waals surface area (Å²) >= 11 is 0. The van der Waals surface area contributed by atoms with E-state index in [9.17, 15) is 9.59 Å². The third kappa shape index (κ3) is 3.31. The van der Waals surface area contributed by atoms with E-state index in [1.807, 2.05) is 7.05 Å². The molecular formula is C18H23N3O4. The lowest BCUT2D eigenvalue weighted by molar-refractivity contribution is -0.136. The first kappa shape index (κ1) is 17.3. The second-order valence-electron chi connectivity index (χ2n) is 6.64. The molecule has 0 unspecified atom stereocenters. The summed E-state index contributed by atoms with van der Waals surface area (Å²) < 4.78 is 7.35. The molecule has 1 N–H and O–H groups in total. The van der Waals surface area contributed by atoms with E-state index in [4.69, 9.17) is 14.5 Å². The third-order valence-electron chi connectivity index (χ3n) is 4.77. The van der Waals surface area contributed by atoms with Crippen LogP contribution in [0.15, 0.2) is 10.7 Å². The van der Waals surface area contributed by atoms with Gasteiger partial charge in [-0.05, 0) is 32.6 Å². The number of aliphatic carboxylic acids is 1. The highest BCUT2D eigenvalue weighted by molar-refractivity contribution is 5.97. The van der Waals surface area contributed by atoms with Gasteiger partial charge < -0.3 is 19.0 Å². The fourth-order valence-corrected chi connectivity index (χ4v) is 3.41. The van der Waals surface area contributed by atoms with Crippen molar-refractivity contribution < 1.29 is 19.1 Å². The van der Waals surface area contributed by atoms with Crippen molar-refractivity contribution in [1.82, 2.24) is 14.5 Å². The number of carboxylic acids is 1. The number of fused-ring (bicyclic) bond motifs is 1. The molecule has 0 atom stereocenters. The van der Waals surface area contributed by atoms with E-state index in [2.05, 4.69) is 4.57 Å². The summed E-state index contributed by atoms with van der Waals surface area (Å²) in [6.45, 7) is 2.12. The number of amides is 1. The van der Waals surface area contributed by atoms with Gasteiger partial charge in [0.05, 0.1) is 24.1 Å². The molecule has 1 amide bonds. The van der Waals surface area contributed by atoms with Gasteiger partial charge >= 0.3 is 5.97 Å². The Morgan fingerprint density at radius 1 is 1.36 bits per heavy atom. The Labute approximate surface area is 146 Å². The number of rotatable bonds is 5. The molecule has 0 saturated carbocycles. The summed E-state index contributed by atoms with van der Waals surface area (Å²) in [6.07, 6.45) is 5.47. The molecule has 0 saturated heterocycles. The second-order valence-corrected chi connectivity index (χ2v) is 6.64. The zero-order valence-corrected chi connectivity index (χ0v) is 14.8. The molecule has 0 aromatic carbocycles. The maximum atomic E-state index is 12.8. The number of carboxylic acid groups (broad SMARTS) is 1. The van der Waals surface area contributed by atoms with Crippen molar-refractivity contribution in [2.24, 2.45) is 7.05 Å². The molecule has 0 aliphatic heterocycles. The molecule has 0 radical (unpaired) electrons. The van der Waals surface area contributed by atoms with Crippen molar-refractivity contribution in [3.05, 3.63) is 40.4 Å². The Kier molecular flexibility index (Phi) is 4.65. The number of carbonyl (C=O) groups excluding carboxylic acids is 1. The molecule has 7 nitrogen and oxygen atoms in total. The van der Waals surface area contributed by atoms with Crippen LogP contribution in [0.2, 0.25) is 0 Å². The molecule has 3 rings (SSSR count). The highest BCUT2D eigenvalue weighted by Crippen LogP contribution is 2.23. The minimum atomic E-state index is -1.03. The molecule has 1 aliphatic carbocycles. The molecule has 0 fully saturated rings. The molecule has 25 heavy (non-hydrogen) atoms. The smallest absolute Gasteiger partial charge is 0.311 e. The van der Waals surface area contributed by atoms with Gasteiger partial charge in [0.25, 0.3) is 5.91 Å². The minimum Gasteiger partial charge on any atom is -0.481 e. The average molecular weight is 345 g/mol. The molecule has 2 heterocycles. The van der Waals surface area contributed by atoms with Crippen LogP contribution in [0.1, 0.15) is 51.7 Å². The Morgan fingerprint density at radius 3 is 2.76 bits per heavy atom. The summed E-state index contributed by atoms with van der Waals surface area (Å²) in [5.74, 6) is -0.226. The van der Waals surface area contributed by atoms with Crippen molar-refractivity contribution in [3.8, 4) is 0 Å². The number of hydrogen-bond acceptors (Lipinski definition) is 4. The van der Waals surface area contributed by atoms with E-state index < -0.39 is 5.97 Å². The van der Waals surface area contributed by atoms with Crippen LogP contribution in [0.3, 0.4) is 0 Å². The Hall–Kier alpha value is -2.57. The van der Waals surface area contributed by atoms with Gasteiger partial charge in [-0.15, -0.1) is 0 Å². The molecular weight excluding hydrogens is 322 g/mol. The van der Waals surface area contributed by atoms with Crippen LogP contribution in [0, 0.1) is 6.92 Å². The molecule has 1 aliphatic rings. The van der Waals surface area contributed by atoms with Crippen molar-refractivity contribution in [2.75, 3.05) is 7.05 Å². The molecule has 134 valence electrons. The highest BCUT2D eigenvalue weighted by atomic mass is 16.4. The van der Waals surface area contributed by atoms with Gasteiger partial charge in [-0.2, -0.15) is 0 Å². The predicted octanol–water partition coefficient (Wildman–Crippen LogP) is 2.10. The fourth-order valence-electron chi connectivity index (χ4n) is 3.41. The number of hydrogen-bond donors (Lipinski definition) is 1. The average Bonchev–Trinajstić information content (AvgIpc) is 3.07. The van der Waals surface area contributed by atoms with Gasteiger partial charge in [0.1, 0.15) is 18.0 Å². The summed E-state index contributed by atoms with van der Waals surface area (Å²) in [4.78, 5) is 30.1. The summed E-state index contributed by atoms with van der Waals surface area (Å²) in [5.41, 5.74) is 3.37. The number of aryl methyl sites for hydroxylation is 2. The molecule has 2 aromatic heterocycles. The number of nitrogens with zero attached hydrogens (tertiary/aromatic N) is 3. The van der Waals surface area contributed by atoms with Crippen molar-refractivity contribution in [1.29, 1.82) is 0 Å². The van der Waals surface area contributed by atoms with Crippen molar-refractivity contribution >= 4 is 11.9 Å². The van der Waals surface area contributed by atoms with Crippen molar-refractivity contribution in [3.63, 3.8) is 0 Å². The first-order valence-electron chi connectivity index (χ1n) is 8.46. The van der Waals surface area contributed by atoms with Gasteiger partial charge in [0.2, 0.25) is 0 Å². The van der Waals surface area contributed by atoms with Crippen LogP contribution in [0.4, 0.5) is 0 Å². The Balaban J connectivity index is 1.81. The van der Waals surface area contributed by atoms with Crippen LogP contribution in [-0.2, 0) is 37.6 Å². The quantitative estimate of drug-likeness (QED) is 0.896. The lowest BCUT2D eigenvalue weighted by atomic mass is 10.0. The predicted molar refractivity (Wildman–Crippen MR) is 90.4 cm³/mol. The second kappa shape index (κ2) is 6.74. The maximum Gasteiger partial charge on any atom is 0.311 e. The topological polar surface area (TPSA) is 88.6 Å². The van der Waals surface area contributed by atoms with Gasteiger partial charge in [0.15, 0.2) is 0 Å². The monoisotopic (exact) mass is 345 g/mol. The van der Waals surface area contributed by atoms with Gasteiger partial charge in [-0.1, -0.05) is 0 Å². The minimum absolute atomic E-state index is 0.195. The van der Waals surface area contributed by atoms with E-state index in [-0.39, 0.29) is 18.1 Å². The van der Waals surface area contributed by atoms with E-state index in [1.165, 1.54) is 18.4 Å². The highest BCUT2D eigenvalue weighted by Gasteiger charge is 2.25. The van der Waals surface area contributed by atoms with Crippen LogP contribution in [-0.4, -0.2) is 38.5 Å². The fraction of sp³-hybridized carbons (Fsp3) is 0.500. The van der Waals surface area contributed by atoms with Gasteiger partial charge in [-0.25, -0.2) is 4.98 Å². The largest absolute Gasteiger partial charge is 0.481 e. The van der Waals surface area contributed by atoms with Crippen LogP contribution >= 0.6 is 0 Å². The van der Waals surface area contributed by atoms with Crippen LogP contribution in [0.5, 0.6) is 0 Å². The first-order valence-corrected chi connectivity index (χ1v) is 8.46. The van der Waals surface area contributed by atoms with E-state index in [1.54, 1.807) is 18.9 Å². The Bertz CT molecular complexity index is 819. The Morgan fingerprint density at radius 2 is 2.08 bits per heavy atom. The zero-order chi connectivity index (χ0) is 18.1. The molecule has 2 aromatic rings. The molecule has 0 spiro atoms. The normalized spacial score (nSPS) is 13.6. The lowest BCUT2D eigenvalue weighted by Gasteiger charge is -2.18. The van der Waals surface area contributed by atoms with E-state index >= 15 is 0 Å². The number of furan rings is 1. The summed E-state index contributed by atoms with van der Waals surface area (Å²) in [5, 5.41) is 8.99. The van der Waals surface area contributed by atoms with E-state index in [0.717, 1.165) is 30.8 Å². The summed E-state index contributed by atoms with van der Waals surface area (Å²) in [7, 11) is 3.69.